The summed E-state index contributed by atoms with van der Waals surface area (Å²) >= 11 is 5.95. The van der Waals surface area contributed by atoms with Gasteiger partial charge in [0.2, 0.25) is 0 Å². The van der Waals surface area contributed by atoms with Crippen molar-refractivity contribution in [2.45, 2.75) is 12.8 Å². The number of aliphatic imine (C=N–C) groups is 1. The molecule has 2 aromatic rings. The predicted molar refractivity (Wildman–Crippen MR) is 123 cm³/mol. The number of halogens is 2. The van der Waals surface area contributed by atoms with Crippen LogP contribution in [0, 0.1) is 11.3 Å². The highest BCUT2D eigenvalue weighted by Gasteiger charge is 2.18. The Balaban J connectivity index is 0.00000280. The van der Waals surface area contributed by atoms with Crippen molar-refractivity contribution in [1.82, 2.24) is 15.1 Å². The van der Waals surface area contributed by atoms with Gasteiger partial charge in [-0.15, -0.1) is 24.0 Å². The molecule has 1 aliphatic heterocycles. The summed E-state index contributed by atoms with van der Waals surface area (Å²) in [6.45, 7) is 4.02. The molecule has 1 aromatic carbocycles. The quantitative estimate of drug-likeness (QED) is 0.243. The predicted octanol–water partition coefficient (Wildman–Crippen LogP) is 2.20. The lowest BCUT2D eigenvalue weighted by atomic mass is 10.1. The Hall–Kier alpha value is -2.19. The SMILES string of the molecule is I.N#Cc1c(N)n[nH]c1CCCN=C(N)N1CCN(c2ccc(Cl)cc2)CC1. The van der Waals surface area contributed by atoms with Gasteiger partial charge < -0.3 is 21.3 Å². The van der Waals surface area contributed by atoms with Gasteiger partial charge >= 0.3 is 0 Å². The average Bonchev–Trinajstić information content (AvgIpc) is 3.05. The molecule has 0 amide bonds. The number of rotatable bonds is 5. The molecule has 1 aliphatic rings. The summed E-state index contributed by atoms with van der Waals surface area (Å²) in [5.41, 5.74) is 14.1. The van der Waals surface area contributed by atoms with Crippen molar-refractivity contribution in [3.8, 4) is 6.07 Å². The van der Waals surface area contributed by atoms with E-state index in [0.29, 0.717) is 24.5 Å². The molecule has 0 aliphatic carbocycles. The highest BCUT2D eigenvalue weighted by Crippen LogP contribution is 2.19. The third-order valence-corrected chi connectivity index (χ3v) is 4.89. The van der Waals surface area contributed by atoms with E-state index in [9.17, 15) is 0 Å². The average molecular weight is 515 g/mol. The van der Waals surface area contributed by atoms with Crippen LogP contribution in [0.4, 0.5) is 11.5 Å². The smallest absolute Gasteiger partial charge is 0.191 e. The molecule has 5 N–H and O–H groups in total. The Morgan fingerprint density at radius 3 is 2.57 bits per heavy atom. The number of nitrogens with zero attached hydrogens (tertiary/aromatic N) is 5. The van der Waals surface area contributed by atoms with Crippen molar-refractivity contribution in [3.05, 3.63) is 40.5 Å². The number of aromatic nitrogens is 2. The normalized spacial score (nSPS) is 14.5. The van der Waals surface area contributed by atoms with Crippen LogP contribution < -0.4 is 16.4 Å². The molecule has 10 heteroatoms. The van der Waals surface area contributed by atoms with E-state index >= 15 is 0 Å². The lowest BCUT2D eigenvalue weighted by Gasteiger charge is -2.36. The second kappa shape index (κ2) is 10.4. The summed E-state index contributed by atoms with van der Waals surface area (Å²) in [7, 11) is 0. The number of hydrogen-bond acceptors (Lipinski definition) is 5. The number of hydrogen-bond donors (Lipinski definition) is 3. The van der Waals surface area contributed by atoms with Gasteiger partial charge in [-0.1, -0.05) is 11.6 Å². The number of nitrogens with one attached hydrogen (secondary N) is 1. The van der Waals surface area contributed by atoms with E-state index in [4.69, 9.17) is 28.3 Å². The Kier molecular flexibility index (Phi) is 8.19. The Morgan fingerprint density at radius 1 is 1.25 bits per heavy atom. The van der Waals surface area contributed by atoms with Gasteiger partial charge in [-0.3, -0.25) is 10.1 Å². The van der Waals surface area contributed by atoms with Crippen LogP contribution >= 0.6 is 35.6 Å². The summed E-state index contributed by atoms with van der Waals surface area (Å²) in [5, 5.41) is 16.5. The second-order valence-corrected chi connectivity index (χ2v) is 6.80. The largest absolute Gasteiger partial charge is 0.381 e. The molecule has 0 atom stereocenters. The van der Waals surface area contributed by atoms with Crippen molar-refractivity contribution in [1.29, 1.82) is 5.26 Å². The third-order valence-electron chi connectivity index (χ3n) is 4.64. The van der Waals surface area contributed by atoms with Crippen LogP contribution in [0.5, 0.6) is 0 Å². The third kappa shape index (κ3) is 5.42. The standard InChI is InChI=1S/C18H23ClN8.HI/c19-13-3-5-14(6-4-13)26-8-10-27(11-9-26)18(22)23-7-1-2-16-15(12-20)17(21)25-24-16;/h3-6H,1-2,7-11H2,(H2,22,23)(H3,21,24,25);1H. The van der Waals surface area contributed by atoms with Crippen LogP contribution in [0.25, 0.3) is 0 Å². The summed E-state index contributed by atoms with van der Waals surface area (Å²) < 4.78 is 0. The summed E-state index contributed by atoms with van der Waals surface area (Å²) in [6.07, 6.45) is 1.43. The summed E-state index contributed by atoms with van der Waals surface area (Å²) in [5.74, 6) is 0.810. The number of aryl methyl sites for hydroxylation is 1. The van der Waals surface area contributed by atoms with Crippen LogP contribution in [0.1, 0.15) is 17.7 Å². The van der Waals surface area contributed by atoms with Gasteiger partial charge in [0.25, 0.3) is 0 Å². The molecule has 0 spiro atoms. The molecule has 1 saturated heterocycles. The van der Waals surface area contributed by atoms with Crippen molar-refractivity contribution in [3.63, 3.8) is 0 Å². The first-order chi connectivity index (χ1) is 13.1. The maximum atomic E-state index is 9.07. The Bertz CT molecular complexity index is 834. The number of H-pyrrole nitrogens is 1. The van der Waals surface area contributed by atoms with Gasteiger partial charge in [0.05, 0.1) is 5.69 Å². The van der Waals surface area contributed by atoms with E-state index in [2.05, 4.69) is 31.1 Å². The fraction of sp³-hybridized carbons (Fsp3) is 0.389. The minimum absolute atomic E-state index is 0. The van der Waals surface area contributed by atoms with E-state index in [1.165, 1.54) is 5.69 Å². The molecule has 0 unspecified atom stereocenters. The molecule has 0 saturated carbocycles. The molecule has 28 heavy (non-hydrogen) atoms. The van der Waals surface area contributed by atoms with Crippen molar-refractivity contribution in [2.75, 3.05) is 43.4 Å². The first-order valence-electron chi connectivity index (χ1n) is 8.86. The lowest BCUT2D eigenvalue weighted by molar-refractivity contribution is 0.380. The molecule has 0 bridgehead atoms. The molecule has 0 radical (unpaired) electrons. The Labute approximate surface area is 186 Å². The fourth-order valence-corrected chi connectivity index (χ4v) is 3.22. The summed E-state index contributed by atoms with van der Waals surface area (Å²) in [4.78, 5) is 8.88. The number of guanidine groups is 1. The van der Waals surface area contributed by atoms with Crippen LogP contribution in [0.15, 0.2) is 29.3 Å². The first kappa shape index (κ1) is 22.1. The topological polar surface area (TPSA) is 123 Å². The molecule has 2 heterocycles. The van der Waals surface area contributed by atoms with Gasteiger partial charge in [-0.25, -0.2) is 0 Å². The highest BCUT2D eigenvalue weighted by atomic mass is 127. The molecule has 1 aromatic heterocycles. The number of piperazine rings is 1. The van der Waals surface area contributed by atoms with Crippen LogP contribution in [0.2, 0.25) is 5.02 Å². The van der Waals surface area contributed by atoms with Crippen LogP contribution in [0.3, 0.4) is 0 Å². The number of nitrogens with two attached hydrogens (primary N) is 2. The summed E-state index contributed by atoms with van der Waals surface area (Å²) in [6, 6.07) is 9.95. The molecule has 3 rings (SSSR count). The number of nitriles is 1. The maximum absolute atomic E-state index is 9.07. The molecule has 1 fully saturated rings. The fourth-order valence-electron chi connectivity index (χ4n) is 3.09. The van der Waals surface area contributed by atoms with E-state index in [0.717, 1.165) is 43.3 Å². The minimum Gasteiger partial charge on any atom is -0.381 e. The van der Waals surface area contributed by atoms with E-state index in [1.54, 1.807) is 0 Å². The zero-order valence-corrected chi connectivity index (χ0v) is 18.5. The molecular weight excluding hydrogens is 491 g/mol. The minimum atomic E-state index is 0. The molecule has 8 nitrogen and oxygen atoms in total. The maximum Gasteiger partial charge on any atom is 0.191 e. The monoisotopic (exact) mass is 514 g/mol. The molecule has 150 valence electrons. The number of nitrogen functional groups attached to an aromatic ring is 1. The zero-order chi connectivity index (χ0) is 19.2. The van der Waals surface area contributed by atoms with Gasteiger partial charge in [0.15, 0.2) is 11.8 Å². The Morgan fingerprint density at radius 2 is 1.93 bits per heavy atom. The van der Waals surface area contributed by atoms with Gasteiger partial charge in [-0.05, 0) is 37.1 Å². The van der Waals surface area contributed by atoms with E-state index < -0.39 is 0 Å². The zero-order valence-electron chi connectivity index (χ0n) is 15.4. The number of benzene rings is 1. The number of anilines is 2. The first-order valence-corrected chi connectivity index (χ1v) is 9.24. The molecular formula is C18H24ClIN8. The van der Waals surface area contributed by atoms with Crippen LogP contribution in [-0.2, 0) is 6.42 Å². The van der Waals surface area contributed by atoms with Gasteiger partial charge in [-0.2, -0.15) is 10.4 Å². The van der Waals surface area contributed by atoms with Gasteiger partial charge in [0.1, 0.15) is 11.6 Å². The van der Waals surface area contributed by atoms with Gasteiger partial charge in [0, 0.05) is 43.4 Å². The van der Waals surface area contributed by atoms with E-state index in [1.807, 2.05) is 24.3 Å². The van der Waals surface area contributed by atoms with Crippen molar-refractivity contribution >= 4 is 53.0 Å². The number of aromatic amines is 1. The van der Waals surface area contributed by atoms with Crippen molar-refractivity contribution < 1.29 is 0 Å². The van der Waals surface area contributed by atoms with Crippen LogP contribution in [-0.4, -0.2) is 53.8 Å². The lowest BCUT2D eigenvalue weighted by Crippen LogP contribution is -2.51. The second-order valence-electron chi connectivity index (χ2n) is 6.37. The van der Waals surface area contributed by atoms with E-state index in [-0.39, 0.29) is 29.8 Å². The van der Waals surface area contributed by atoms with Crippen molar-refractivity contribution in [2.24, 2.45) is 10.7 Å². The highest BCUT2D eigenvalue weighted by molar-refractivity contribution is 14.0.